The molecule has 0 saturated heterocycles. The molecule has 3 aromatic rings. The number of benzene rings is 3. The molecule has 0 aromatic heterocycles. The molecule has 0 aliphatic carbocycles. The molecular formula is C22H19NO2Te. The Hall–Kier alpha value is -2.15. The second-order valence-corrected chi connectivity index (χ2v) is 9.55. The molecule has 0 bridgehead atoms. The van der Waals surface area contributed by atoms with E-state index in [-0.39, 0.29) is 11.8 Å². The second kappa shape index (κ2) is 7.23. The van der Waals surface area contributed by atoms with Crippen LogP contribution in [0.5, 0.6) is 0 Å². The summed E-state index contributed by atoms with van der Waals surface area (Å²) >= 11 is -0.575. The van der Waals surface area contributed by atoms with Crippen molar-refractivity contribution < 1.29 is 9.59 Å². The molecule has 0 spiro atoms. The van der Waals surface area contributed by atoms with E-state index in [0.29, 0.717) is 17.7 Å². The zero-order valence-electron chi connectivity index (χ0n) is 14.6. The van der Waals surface area contributed by atoms with Crippen LogP contribution in [0.3, 0.4) is 0 Å². The summed E-state index contributed by atoms with van der Waals surface area (Å²) in [6.45, 7) is 2.55. The monoisotopic (exact) mass is 459 g/mol. The summed E-state index contributed by atoms with van der Waals surface area (Å²) in [4.78, 5) is 27.2. The molecule has 1 aliphatic heterocycles. The van der Waals surface area contributed by atoms with E-state index in [1.807, 2.05) is 30.3 Å². The Labute approximate surface area is 163 Å². The van der Waals surface area contributed by atoms with Crippen LogP contribution in [0.1, 0.15) is 40.5 Å². The molecule has 0 saturated carbocycles. The van der Waals surface area contributed by atoms with Gasteiger partial charge in [-0.2, -0.15) is 0 Å². The normalized spacial score (nSPS) is 13.5. The number of nitrogens with zero attached hydrogens (tertiary/aromatic N) is 1. The van der Waals surface area contributed by atoms with Gasteiger partial charge in [0, 0.05) is 0 Å². The zero-order valence-corrected chi connectivity index (χ0v) is 16.9. The average molecular weight is 457 g/mol. The Balaban J connectivity index is 1.83. The minimum atomic E-state index is -0.575. The summed E-state index contributed by atoms with van der Waals surface area (Å²) in [5.41, 5.74) is 1.33. The van der Waals surface area contributed by atoms with Crippen molar-refractivity contribution in [2.24, 2.45) is 0 Å². The first-order valence-electron chi connectivity index (χ1n) is 8.85. The first-order valence-corrected chi connectivity index (χ1v) is 11.2. The van der Waals surface area contributed by atoms with E-state index in [1.165, 1.54) is 12.1 Å². The van der Waals surface area contributed by atoms with Gasteiger partial charge < -0.3 is 0 Å². The van der Waals surface area contributed by atoms with E-state index in [0.717, 1.165) is 23.6 Å². The third kappa shape index (κ3) is 2.94. The minimum absolute atomic E-state index is 0.154. The molecule has 4 heteroatoms. The van der Waals surface area contributed by atoms with Crippen LogP contribution in [0, 0.1) is 0 Å². The number of rotatable bonds is 5. The van der Waals surface area contributed by atoms with Gasteiger partial charge >= 0.3 is 163 Å². The van der Waals surface area contributed by atoms with Crippen molar-refractivity contribution in [3.8, 4) is 0 Å². The first kappa shape index (κ1) is 17.3. The van der Waals surface area contributed by atoms with Crippen LogP contribution >= 0.6 is 0 Å². The fourth-order valence-electron chi connectivity index (χ4n) is 3.34. The van der Waals surface area contributed by atoms with Crippen LogP contribution in [0.2, 0.25) is 0 Å². The van der Waals surface area contributed by atoms with Gasteiger partial charge in [-0.3, -0.25) is 0 Å². The van der Waals surface area contributed by atoms with E-state index >= 15 is 0 Å². The van der Waals surface area contributed by atoms with Gasteiger partial charge in [-0.25, -0.2) is 0 Å². The molecule has 3 aromatic carbocycles. The number of carbonyl (C=O) groups is 2. The van der Waals surface area contributed by atoms with Crippen LogP contribution in [0.25, 0.3) is 10.8 Å². The molecule has 0 unspecified atom stereocenters. The number of imide groups is 1. The molecule has 130 valence electrons. The van der Waals surface area contributed by atoms with Gasteiger partial charge in [-0.15, -0.1) is 0 Å². The van der Waals surface area contributed by atoms with Crippen molar-refractivity contribution in [1.82, 2.24) is 4.90 Å². The molecule has 0 atom stereocenters. The third-order valence-electron chi connectivity index (χ3n) is 4.66. The summed E-state index contributed by atoms with van der Waals surface area (Å²) in [6, 6.07) is 20.3. The van der Waals surface area contributed by atoms with Gasteiger partial charge in [0.1, 0.15) is 0 Å². The summed E-state index contributed by atoms with van der Waals surface area (Å²) in [5, 5.41) is 1.90. The van der Waals surface area contributed by atoms with Crippen LogP contribution in [-0.4, -0.2) is 44.2 Å². The molecular weight excluding hydrogens is 438 g/mol. The van der Waals surface area contributed by atoms with Gasteiger partial charge in [0.15, 0.2) is 0 Å². The fraction of sp³-hybridized carbons (Fsp3) is 0.182. The van der Waals surface area contributed by atoms with Gasteiger partial charge in [-0.05, 0) is 0 Å². The SMILES string of the molecule is CCCCN1C(=O)c2cccc3c([Te]c4ccccc4)ccc(c23)C1=O. The summed E-state index contributed by atoms with van der Waals surface area (Å²) in [7, 11) is 0. The third-order valence-corrected chi connectivity index (χ3v) is 7.75. The summed E-state index contributed by atoms with van der Waals surface area (Å²) in [6.07, 6.45) is 1.79. The van der Waals surface area contributed by atoms with Gasteiger partial charge in [-0.1, -0.05) is 0 Å². The van der Waals surface area contributed by atoms with E-state index in [1.54, 1.807) is 0 Å². The van der Waals surface area contributed by atoms with Crippen molar-refractivity contribution in [1.29, 1.82) is 0 Å². The van der Waals surface area contributed by atoms with Crippen LogP contribution in [0.4, 0.5) is 0 Å². The van der Waals surface area contributed by atoms with E-state index in [9.17, 15) is 9.59 Å². The Morgan fingerprint density at radius 3 is 2.31 bits per heavy atom. The van der Waals surface area contributed by atoms with Crippen LogP contribution in [0.15, 0.2) is 60.7 Å². The van der Waals surface area contributed by atoms with Crippen LogP contribution in [-0.2, 0) is 0 Å². The maximum atomic E-state index is 12.9. The predicted octanol–water partition coefficient (Wildman–Crippen LogP) is 2.89. The van der Waals surface area contributed by atoms with E-state index < -0.39 is 20.9 Å². The first-order chi connectivity index (χ1) is 12.7. The van der Waals surface area contributed by atoms with Crippen molar-refractivity contribution >= 4 is 50.7 Å². The summed E-state index contributed by atoms with van der Waals surface area (Å²) in [5.74, 6) is -0.307. The molecule has 4 rings (SSSR count). The van der Waals surface area contributed by atoms with Crippen molar-refractivity contribution in [3.63, 3.8) is 0 Å². The summed E-state index contributed by atoms with van der Waals surface area (Å²) < 4.78 is 2.61. The number of carbonyl (C=O) groups excluding carboxylic acids is 2. The quantitative estimate of drug-likeness (QED) is 0.437. The topological polar surface area (TPSA) is 37.4 Å². The molecule has 0 fully saturated rings. The van der Waals surface area contributed by atoms with Gasteiger partial charge in [0.05, 0.1) is 0 Å². The average Bonchev–Trinajstić information content (AvgIpc) is 2.67. The number of hydrogen-bond acceptors (Lipinski definition) is 2. The molecule has 0 N–H and O–H groups in total. The predicted molar refractivity (Wildman–Crippen MR) is 106 cm³/mol. The number of unbranched alkanes of at least 4 members (excludes halogenated alkanes) is 1. The van der Waals surface area contributed by atoms with Crippen LogP contribution < -0.4 is 7.22 Å². The number of hydrogen-bond donors (Lipinski definition) is 0. The molecule has 1 aliphatic rings. The molecule has 0 radical (unpaired) electrons. The number of amides is 2. The molecule has 1 heterocycles. The van der Waals surface area contributed by atoms with Gasteiger partial charge in [0.25, 0.3) is 0 Å². The Bertz CT molecular complexity index is 975. The Kier molecular flexibility index (Phi) is 4.80. The maximum absolute atomic E-state index is 12.9. The second-order valence-electron chi connectivity index (χ2n) is 6.37. The fourth-order valence-corrected chi connectivity index (χ4v) is 6.09. The van der Waals surface area contributed by atoms with Crippen molar-refractivity contribution in [3.05, 3.63) is 71.8 Å². The Morgan fingerprint density at radius 2 is 1.58 bits per heavy atom. The van der Waals surface area contributed by atoms with Crippen molar-refractivity contribution in [2.45, 2.75) is 19.8 Å². The molecule has 2 amide bonds. The molecule has 3 nitrogen and oxygen atoms in total. The van der Waals surface area contributed by atoms with E-state index in [4.69, 9.17) is 0 Å². The standard InChI is InChI=1S/C22H19NO2Te/c1-2-3-14-23-21(24)17-11-7-10-16-19(26-15-8-5-4-6-9-15)13-12-18(20(16)17)22(23)25/h4-13H,2-3,14H2,1H3. The zero-order chi connectivity index (χ0) is 18.1. The Morgan fingerprint density at radius 1 is 0.846 bits per heavy atom. The van der Waals surface area contributed by atoms with E-state index in [2.05, 4.69) is 37.3 Å². The van der Waals surface area contributed by atoms with Gasteiger partial charge in [0.2, 0.25) is 0 Å². The molecule has 26 heavy (non-hydrogen) atoms. The van der Waals surface area contributed by atoms with Crippen molar-refractivity contribution in [2.75, 3.05) is 6.54 Å².